The van der Waals surface area contributed by atoms with Crippen LogP contribution < -0.4 is 4.74 Å². The normalized spacial score (nSPS) is 13.4. The zero-order chi connectivity index (χ0) is 12.9. The highest BCUT2D eigenvalue weighted by molar-refractivity contribution is 7.53. The maximum atomic E-state index is 11.9. The van der Waals surface area contributed by atoms with Crippen LogP contribution in [0.5, 0.6) is 5.75 Å². The molecule has 6 heteroatoms. The highest BCUT2D eigenvalue weighted by Crippen LogP contribution is 2.49. The molecule has 0 fully saturated rings. The Labute approximate surface area is 101 Å². The topological polar surface area (TPSA) is 65.0 Å². The third-order valence-corrected chi connectivity index (χ3v) is 4.34. The second-order valence-electron chi connectivity index (χ2n) is 3.45. The number of hydrogen-bond acceptors (Lipinski definition) is 5. The summed E-state index contributed by atoms with van der Waals surface area (Å²) in [7, 11) is 0.914. The SMILES string of the molecule is COc1cccc([C@@H](O)CP(=O)(OC)OC)c1. The number of aliphatic hydroxyl groups excluding tert-OH is 1. The minimum absolute atomic E-state index is 0.0901. The molecule has 0 unspecified atom stereocenters. The van der Waals surface area contributed by atoms with Crippen molar-refractivity contribution >= 4 is 7.60 Å². The molecule has 0 amide bonds. The summed E-state index contributed by atoms with van der Waals surface area (Å²) < 4.78 is 26.5. The van der Waals surface area contributed by atoms with E-state index in [0.29, 0.717) is 11.3 Å². The number of hydrogen-bond donors (Lipinski definition) is 1. The van der Waals surface area contributed by atoms with Crippen LogP contribution in [0.15, 0.2) is 24.3 Å². The second kappa shape index (κ2) is 6.17. The molecule has 0 aliphatic rings. The average Bonchev–Trinajstić information content (AvgIpc) is 2.38. The Kier molecular flexibility index (Phi) is 5.15. The van der Waals surface area contributed by atoms with Crippen LogP contribution in [0.2, 0.25) is 0 Å². The van der Waals surface area contributed by atoms with Crippen LogP contribution in [0.4, 0.5) is 0 Å². The first kappa shape index (κ1) is 14.2. The number of aliphatic hydroxyl groups is 1. The molecule has 1 rings (SSSR count). The summed E-state index contributed by atoms with van der Waals surface area (Å²) in [5.41, 5.74) is 0.610. The van der Waals surface area contributed by atoms with E-state index >= 15 is 0 Å². The first-order valence-electron chi connectivity index (χ1n) is 5.07. The van der Waals surface area contributed by atoms with Gasteiger partial charge in [0.1, 0.15) is 5.75 Å². The zero-order valence-electron chi connectivity index (χ0n) is 10.1. The first-order valence-corrected chi connectivity index (χ1v) is 6.80. The maximum absolute atomic E-state index is 11.9. The number of benzene rings is 1. The van der Waals surface area contributed by atoms with Gasteiger partial charge in [0.05, 0.1) is 19.4 Å². The fourth-order valence-electron chi connectivity index (χ4n) is 1.39. The maximum Gasteiger partial charge on any atom is 0.333 e. The number of methoxy groups -OCH3 is 1. The average molecular weight is 260 g/mol. The molecular formula is C11H17O5P. The van der Waals surface area contributed by atoms with Crippen molar-refractivity contribution in [1.82, 2.24) is 0 Å². The van der Waals surface area contributed by atoms with Crippen molar-refractivity contribution in [3.8, 4) is 5.75 Å². The van der Waals surface area contributed by atoms with E-state index in [1.54, 1.807) is 31.4 Å². The molecule has 0 aromatic heterocycles. The van der Waals surface area contributed by atoms with Crippen molar-refractivity contribution in [2.75, 3.05) is 27.5 Å². The fourth-order valence-corrected chi connectivity index (χ4v) is 2.47. The number of ether oxygens (including phenoxy) is 1. The lowest BCUT2D eigenvalue weighted by molar-refractivity contribution is 0.183. The summed E-state index contributed by atoms with van der Waals surface area (Å²) in [6.45, 7) is 0. The number of rotatable bonds is 6. The molecule has 0 radical (unpaired) electrons. The van der Waals surface area contributed by atoms with Crippen molar-refractivity contribution in [2.24, 2.45) is 0 Å². The summed E-state index contributed by atoms with van der Waals surface area (Å²) in [5, 5.41) is 9.95. The highest BCUT2D eigenvalue weighted by Gasteiger charge is 2.26. The first-order chi connectivity index (χ1) is 8.04. The van der Waals surface area contributed by atoms with Crippen molar-refractivity contribution in [2.45, 2.75) is 6.10 Å². The molecule has 0 spiro atoms. The van der Waals surface area contributed by atoms with Crippen LogP contribution >= 0.6 is 7.60 Å². The third-order valence-electron chi connectivity index (χ3n) is 2.43. The van der Waals surface area contributed by atoms with E-state index in [1.807, 2.05) is 0 Å². The molecule has 0 aliphatic carbocycles. The van der Waals surface area contributed by atoms with Crippen LogP contribution in [0.3, 0.4) is 0 Å². The predicted octanol–water partition coefficient (Wildman–Crippen LogP) is 2.21. The molecule has 1 N–H and O–H groups in total. The molecule has 17 heavy (non-hydrogen) atoms. The van der Waals surface area contributed by atoms with Gasteiger partial charge in [-0.1, -0.05) is 12.1 Å². The van der Waals surface area contributed by atoms with Gasteiger partial charge in [0.15, 0.2) is 0 Å². The molecule has 1 aromatic rings. The molecule has 1 aromatic carbocycles. The van der Waals surface area contributed by atoms with Gasteiger partial charge in [0, 0.05) is 14.2 Å². The van der Waals surface area contributed by atoms with E-state index in [2.05, 4.69) is 0 Å². The van der Waals surface area contributed by atoms with E-state index in [1.165, 1.54) is 14.2 Å². The minimum atomic E-state index is -3.22. The monoisotopic (exact) mass is 260 g/mol. The molecule has 0 saturated heterocycles. The summed E-state index contributed by atoms with van der Waals surface area (Å²) in [6, 6.07) is 6.92. The van der Waals surface area contributed by atoms with Gasteiger partial charge < -0.3 is 18.9 Å². The standard InChI is InChI=1S/C11H17O5P/c1-14-10-6-4-5-9(7-10)11(12)8-17(13,15-2)16-3/h4-7,11-12H,8H2,1-3H3/t11-/m0/s1. The van der Waals surface area contributed by atoms with Gasteiger partial charge in [-0.3, -0.25) is 4.57 Å². The molecule has 96 valence electrons. The zero-order valence-corrected chi connectivity index (χ0v) is 11.0. The summed E-state index contributed by atoms with van der Waals surface area (Å²) in [5.74, 6) is 0.631. The molecule has 0 saturated carbocycles. The lowest BCUT2D eigenvalue weighted by Gasteiger charge is -2.18. The van der Waals surface area contributed by atoms with Crippen molar-refractivity contribution in [1.29, 1.82) is 0 Å². The van der Waals surface area contributed by atoms with E-state index < -0.39 is 13.7 Å². The Bertz CT molecular complexity index is 399. The van der Waals surface area contributed by atoms with Crippen LogP contribution in [0, 0.1) is 0 Å². The Balaban J connectivity index is 2.82. The Morgan fingerprint density at radius 1 is 1.29 bits per heavy atom. The van der Waals surface area contributed by atoms with Gasteiger partial charge in [-0.2, -0.15) is 0 Å². The van der Waals surface area contributed by atoms with E-state index in [0.717, 1.165) is 0 Å². The van der Waals surface area contributed by atoms with Gasteiger partial charge in [-0.25, -0.2) is 0 Å². The van der Waals surface area contributed by atoms with Crippen molar-refractivity contribution in [3.63, 3.8) is 0 Å². The van der Waals surface area contributed by atoms with E-state index in [9.17, 15) is 9.67 Å². The summed E-state index contributed by atoms with van der Waals surface area (Å²) in [6.07, 6.45) is -1.01. The quantitative estimate of drug-likeness (QED) is 0.794. The smallest absolute Gasteiger partial charge is 0.333 e. The van der Waals surface area contributed by atoms with E-state index in [-0.39, 0.29) is 6.16 Å². The van der Waals surface area contributed by atoms with Crippen molar-refractivity contribution < 1.29 is 23.5 Å². The molecular weight excluding hydrogens is 243 g/mol. The van der Waals surface area contributed by atoms with Gasteiger partial charge >= 0.3 is 7.60 Å². The van der Waals surface area contributed by atoms with Crippen LogP contribution in [0.25, 0.3) is 0 Å². The largest absolute Gasteiger partial charge is 0.497 e. The summed E-state index contributed by atoms with van der Waals surface area (Å²) >= 11 is 0. The highest BCUT2D eigenvalue weighted by atomic mass is 31.2. The molecule has 0 heterocycles. The van der Waals surface area contributed by atoms with Gasteiger partial charge in [0.2, 0.25) is 0 Å². The fraction of sp³-hybridized carbons (Fsp3) is 0.455. The van der Waals surface area contributed by atoms with Crippen LogP contribution in [-0.2, 0) is 13.6 Å². The second-order valence-corrected chi connectivity index (χ2v) is 5.77. The predicted molar refractivity (Wildman–Crippen MR) is 64.4 cm³/mol. The Hall–Kier alpha value is -0.870. The van der Waals surface area contributed by atoms with Crippen LogP contribution in [0.1, 0.15) is 11.7 Å². The van der Waals surface area contributed by atoms with Gasteiger partial charge in [0.25, 0.3) is 0 Å². The van der Waals surface area contributed by atoms with Gasteiger partial charge in [-0.15, -0.1) is 0 Å². The molecule has 1 atom stereocenters. The van der Waals surface area contributed by atoms with Gasteiger partial charge in [-0.05, 0) is 17.7 Å². The lowest BCUT2D eigenvalue weighted by Crippen LogP contribution is -2.06. The lowest BCUT2D eigenvalue weighted by atomic mass is 10.1. The minimum Gasteiger partial charge on any atom is -0.497 e. The molecule has 5 nitrogen and oxygen atoms in total. The van der Waals surface area contributed by atoms with E-state index in [4.69, 9.17) is 13.8 Å². The Morgan fingerprint density at radius 2 is 1.94 bits per heavy atom. The van der Waals surface area contributed by atoms with Crippen molar-refractivity contribution in [3.05, 3.63) is 29.8 Å². The Morgan fingerprint density at radius 3 is 2.47 bits per heavy atom. The van der Waals surface area contributed by atoms with Crippen LogP contribution in [-0.4, -0.2) is 32.6 Å². The summed E-state index contributed by atoms with van der Waals surface area (Å²) in [4.78, 5) is 0. The molecule has 0 aliphatic heterocycles. The molecule has 0 bridgehead atoms. The third kappa shape index (κ3) is 3.82.